The molecule has 1 unspecified atom stereocenters. The maximum atomic E-state index is 5.11. The topological polar surface area (TPSA) is 25.4 Å². The van der Waals surface area contributed by atoms with Gasteiger partial charge >= 0.3 is 0 Å². The van der Waals surface area contributed by atoms with Gasteiger partial charge in [-0.1, -0.05) is 19.1 Å². The zero-order valence-electron chi connectivity index (χ0n) is 13.7. The van der Waals surface area contributed by atoms with Gasteiger partial charge in [0.05, 0.1) is 5.52 Å². The number of likely N-dealkylation sites (tertiary alicyclic amines) is 1. The van der Waals surface area contributed by atoms with Crippen LogP contribution < -0.4 is 0 Å². The van der Waals surface area contributed by atoms with Crippen molar-refractivity contribution in [1.82, 2.24) is 9.88 Å². The van der Waals surface area contributed by atoms with Crippen LogP contribution in [0.15, 0.2) is 30.3 Å². The molecule has 0 spiro atoms. The Morgan fingerprint density at radius 1 is 1.27 bits per heavy atom. The van der Waals surface area contributed by atoms with Crippen molar-refractivity contribution < 1.29 is 4.74 Å². The lowest BCUT2D eigenvalue weighted by Gasteiger charge is -2.15. The molecule has 22 heavy (non-hydrogen) atoms. The molecule has 1 aromatic carbocycles. The normalized spacial score (nSPS) is 19.1. The van der Waals surface area contributed by atoms with Crippen LogP contribution in [0.3, 0.4) is 0 Å². The molecule has 1 aliphatic heterocycles. The van der Waals surface area contributed by atoms with Gasteiger partial charge in [-0.3, -0.25) is 9.88 Å². The molecule has 1 aliphatic rings. The third kappa shape index (κ3) is 3.84. The molecule has 0 aliphatic carbocycles. The molecule has 118 valence electrons. The van der Waals surface area contributed by atoms with Crippen molar-refractivity contribution in [3.63, 3.8) is 0 Å². The minimum atomic E-state index is 0.799. The molecule has 2 aromatic rings. The highest BCUT2D eigenvalue weighted by Crippen LogP contribution is 2.20. The Morgan fingerprint density at radius 2 is 2.18 bits per heavy atom. The first-order chi connectivity index (χ1) is 10.7. The Bertz CT molecular complexity index is 626. The van der Waals surface area contributed by atoms with Crippen molar-refractivity contribution >= 4 is 10.9 Å². The van der Waals surface area contributed by atoms with Crippen molar-refractivity contribution in [2.75, 3.05) is 26.8 Å². The number of aromatic nitrogens is 1. The Morgan fingerprint density at radius 3 is 2.95 bits per heavy atom. The van der Waals surface area contributed by atoms with Crippen LogP contribution in [0.1, 0.15) is 31.0 Å². The smallest absolute Gasteiger partial charge is 0.0705 e. The van der Waals surface area contributed by atoms with E-state index in [4.69, 9.17) is 9.72 Å². The van der Waals surface area contributed by atoms with E-state index in [2.05, 4.69) is 42.2 Å². The Hall–Kier alpha value is -1.45. The fraction of sp³-hybridized carbons (Fsp3) is 0.526. The number of hydrogen-bond acceptors (Lipinski definition) is 3. The maximum absolute atomic E-state index is 5.11. The van der Waals surface area contributed by atoms with Crippen LogP contribution in [0, 0.1) is 5.92 Å². The highest BCUT2D eigenvalue weighted by atomic mass is 16.5. The predicted octanol–water partition coefficient (Wildman–Crippen LogP) is 3.66. The van der Waals surface area contributed by atoms with Gasteiger partial charge in [-0.25, -0.2) is 0 Å². The minimum absolute atomic E-state index is 0.799. The van der Waals surface area contributed by atoms with Gasteiger partial charge in [-0.2, -0.15) is 0 Å². The van der Waals surface area contributed by atoms with Gasteiger partial charge in [0.15, 0.2) is 0 Å². The highest BCUT2D eigenvalue weighted by Gasteiger charge is 2.18. The van der Waals surface area contributed by atoms with Gasteiger partial charge in [-0.05, 0) is 55.5 Å². The van der Waals surface area contributed by atoms with Gasteiger partial charge in [0.2, 0.25) is 0 Å². The Balaban J connectivity index is 1.69. The van der Waals surface area contributed by atoms with Crippen LogP contribution in [-0.4, -0.2) is 36.7 Å². The van der Waals surface area contributed by atoms with E-state index < -0.39 is 0 Å². The fourth-order valence-electron chi connectivity index (χ4n) is 3.28. The second-order valence-corrected chi connectivity index (χ2v) is 6.55. The number of nitrogens with zero attached hydrogens (tertiary/aromatic N) is 2. The van der Waals surface area contributed by atoms with E-state index in [1.165, 1.54) is 30.5 Å². The molecule has 0 amide bonds. The second-order valence-electron chi connectivity index (χ2n) is 6.55. The summed E-state index contributed by atoms with van der Waals surface area (Å²) in [5.41, 5.74) is 3.66. The number of fused-ring (bicyclic) bond motifs is 1. The van der Waals surface area contributed by atoms with Crippen LogP contribution in [0.2, 0.25) is 0 Å². The van der Waals surface area contributed by atoms with Crippen molar-refractivity contribution in [3.8, 4) is 0 Å². The average molecular weight is 298 g/mol. The first kappa shape index (κ1) is 15.4. The van der Waals surface area contributed by atoms with Crippen LogP contribution in [0.5, 0.6) is 0 Å². The maximum Gasteiger partial charge on any atom is 0.0705 e. The number of ether oxygens (including phenoxy) is 1. The zero-order chi connectivity index (χ0) is 15.4. The van der Waals surface area contributed by atoms with Crippen molar-refractivity contribution in [2.45, 2.75) is 32.7 Å². The molecular formula is C19H26N2O. The summed E-state index contributed by atoms with van der Waals surface area (Å²) in [6, 6.07) is 11.1. The third-order valence-corrected chi connectivity index (χ3v) is 4.51. The summed E-state index contributed by atoms with van der Waals surface area (Å²) in [4.78, 5) is 7.32. The summed E-state index contributed by atoms with van der Waals surface area (Å²) in [6.45, 7) is 6.67. The van der Waals surface area contributed by atoms with E-state index in [1.807, 2.05) is 0 Å². The summed E-state index contributed by atoms with van der Waals surface area (Å²) in [7, 11) is 1.75. The fourth-order valence-corrected chi connectivity index (χ4v) is 3.28. The van der Waals surface area contributed by atoms with E-state index in [-0.39, 0.29) is 0 Å². The third-order valence-electron chi connectivity index (χ3n) is 4.51. The molecule has 1 fully saturated rings. The lowest BCUT2D eigenvalue weighted by molar-refractivity contribution is 0.195. The molecule has 3 heteroatoms. The number of pyridine rings is 1. The summed E-state index contributed by atoms with van der Waals surface area (Å²) < 4.78 is 5.11. The zero-order valence-corrected chi connectivity index (χ0v) is 13.7. The standard InChI is InChI=1S/C19H26N2O/c1-15-9-10-21(13-15)14-16-5-8-19-17(12-16)6-7-18(20-19)4-3-11-22-2/h5-8,12,15H,3-4,9-11,13-14H2,1-2H3. The number of benzene rings is 1. The molecule has 1 aromatic heterocycles. The van der Waals surface area contributed by atoms with Gasteiger partial charge < -0.3 is 4.74 Å². The Kier molecular flexibility index (Phi) is 5.06. The molecule has 0 bridgehead atoms. The monoisotopic (exact) mass is 298 g/mol. The molecule has 0 radical (unpaired) electrons. The minimum Gasteiger partial charge on any atom is -0.385 e. The summed E-state index contributed by atoms with van der Waals surface area (Å²) in [5.74, 6) is 0.844. The van der Waals surface area contributed by atoms with Gasteiger partial charge in [0.1, 0.15) is 0 Å². The van der Waals surface area contributed by atoms with Crippen LogP contribution in [0.4, 0.5) is 0 Å². The van der Waals surface area contributed by atoms with Gasteiger partial charge in [0, 0.05) is 37.9 Å². The van der Waals surface area contributed by atoms with Gasteiger partial charge in [-0.15, -0.1) is 0 Å². The van der Waals surface area contributed by atoms with Crippen molar-refractivity contribution in [2.24, 2.45) is 5.92 Å². The lowest BCUT2D eigenvalue weighted by atomic mass is 10.1. The molecule has 1 atom stereocenters. The Labute approximate surface area is 133 Å². The van der Waals surface area contributed by atoms with Crippen molar-refractivity contribution in [3.05, 3.63) is 41.6 Å². The molecule has 3 nitrogen and oxygen atoms in total. The first-order valence-electron chi connectivity index (χ1n) is 8.34. The molecule has 2 heterocycles. The van der Waals surface area contributed by atoms with Crippen LogP contribution in [-0.2, 0) is 17.7 Å². The quantitative estimate of drug-likeness (QED) is 0.761. The van der Waals surface area contributed by atoms with E-state index in [0.29, 0.717) is 0 Å². The molecular weight excluding hydrogens is 272 g/mol. The highest BCUT2D eigenvalue weighted by molar-refractivity contribution is 5.79. The van der Waals surface area contributed by atoms with E-state index in [0.717, 1.165) is 43.1 Å². The predicted molar refractivity (Wildman–Crippen MR) is 91.0 cm³/mol. The number of rotatable bonds is 6. The van der Waals surface area contributed by atoms with Crippen LogP contribution >= 0.6 is 0 Å². The lowest BCUT2D eigenvalue weighted by Crippen LogP contribution is -2.19. The van der Waals surface area contributed by atoms with E-state index in [1.54, 1.807) is 7.11 Å². The first-order valence-corrected chi connectivity index (χ1v) is 8.34. The average Bonchev–Trinajstić information content (AvgIpc) is 2.93. The largest absolute Gasteiger partial charge is 0.385 e. The summed E-state index contributed by atoms with van der Waals surface area (Å²) in [6.07, 6.45) is 3.34. The number of hydrogen-bond donors (Lipinski definition) is 0. The van der Waals surface area contributed by atoms with Gasteiger partial charge in [0.25, 0.3) is 0 Å². The molecule has 1 saturated heterocycles. The van der Waals surface area contributed by atoms with E-state index >= 15 is 0 Å². The summed E-state index contributed by atoms with van der Waals surface area (Å²) in [5, 5.41) is 1.25. The number of aryl methyl sites for hydroxylation is 1. The second kappa shape index (κ2) is 7.21. The number of methoxy groups -OCH3 is 1. The molecule has 3 rings (SSSR count). The van der Waals surface area contributed by atoms with E-state index in [9.17, 15) is 0 Å². The van der Waals surface area contributed by atoms with Crippen molar-refractivity contribution in [1.29, 1.82) is 0 Å². The SMILES string of the molecule is COCCCc1ccc2cc(CN3CCC(C)C3)ccc2n1. The van der Waals surface area contributed by atoms with Crippen LogP contribution in [0.25, 0.3) is 10.9 Å². The molecule has 0 saturated carbocycles. The summed E-state index contributed by atoms with van der Waals surface area (Å²) >= 11 is 0. The molecule has 0 N–H and O–H groups in total.